The maximum Gasteiger partial charge on any atom is 0.265 e. The van der Waals surface area contributed by atoms with Crippen LogP contribution < -0.4 is 5.56 Å². The zero-order valence-electron chi connectivity index (χ0n) is 11.7. The Morgan fingerprint density at radius 2 is 2.05 bits per heavy atom. The smallest absolute Gasteiger partial charge is 0.265 e. The number of hydrogen-bond acceptors (Lipinski definition) is 3. The molecule has 0 saturated carbocycles. The zero-order valence-corrected chi connectivity index (χ0v) is 14.1. The molecular formula is C15H17BrN2OS. The molecule has 3 nitrogen and oxygen atoms in total. The van der Waals surface area contributed by atoms with Gasteiger partial charge in [0.05, 0.1) is 11.4 Å². The predicted molar refractivity (Wildman–Crippen MR) is 87.4 cm³/mol. The highest BCUT2D eigenvalue weighted by atomic mass is 79.9. The molecule has 1 heterocycles. The largest absolute Gasteiger partial charge is 0.309 e. The molecule has 0 bridgehead atoms. The van der Waals surface area contributed by atoms with Crippen LogP contribution in [0.5, 0.6) is 0 Å². The Kier molecular flexibility index (Phi) is 5.05. The lowest BCUT2D eigenvalue weighted by atomic mass is 10.1. The molecule has 2 aromatic rings. The second kappa shape index (κ2) is 6.59. The second-order valence-corrected chi connectivity index (χ2v) is 6.73. The zero-order chi connectivity index (χ0) is 14.7. The van der Waals surface area contributed by atoms with Gasteiger partial charge in [0.1, 0.15) is 10.3 Å². The average Bonchev–Trinajstić information content (AvgIpc) is 2.41. The van der Waals surface area contributed by atoms with Crippen LogP contribution in [0.4, 0.5) is 0 Å². The first-order valence-corrected chi connectivity index (χ1v) is 8.24. The third kappa shape index (κ3) is 3.52. The highest BCUT2D eigenvalue weighted by molar-refractivity contribution is 9.10. The van der Waals surface area contributed by atoms with E-state index in [-0.39, 0.29) is 11.5 Å². The molecule has 0 aliphatic rings. The first-order chi connectivity index (χ1) is 9.49. The number of thioether (sulfide) groups is 1. The summed E-state index contributed by atoms with van der Waals surface area (Å²) in [6.45, 7) is 6.15. The van der Waals surface area contributed by atoms with Crippen molar-refractivity contribution in [1.82, 2.24) is 9.97 Å². The molecule has 0 spiro atoms. The third-order valence-corrected chi connectivity index (χ3v) is 4.90. The van der Waals surface area contributed by atoms with E-state index in [1.807, 2.05) is 26.0 Å². The molecule has 0 atom stereocenters. The van der Waals surface area contributed by atoms with Gasteiger partial charge in [-0.05, 0) is 40.4 Å². The maximum atomic E-state index is 11.9. The summed E-state index contributed by atoms with van der Waals surface area (Å²) in [6.07, 6.45) is 0. The van der Waals surface area contributed by atoms with Crippen LogP contribution in [0.25, 0.3) is 0 Å². The number of aromatic nitrogens is 2. The molecule has 1 aromatic heterocycles. The van der Waals surface area contributed by atoms with Crippen LogP contribution in [0.1, 0.15) is 36.8 Å². The summed E-state index contributed by atoms with van der Waals surface area (Å²) >= 11 is 5.00. The Bertz CT molecular complexity index is 667. The summed E-state index contributed by atoms with van der Waals surface area (Å²) in [7, 11) is 0. The Hall–Kier alpha value is -1.07. The van der Waals surface area contributed by atoms with Crippen molar-refractivity contribution in [3.8, 4) is 0 Å². The van der Waals surface area contributed by atoms with Crippen LogP contribution in [0, 0.1) is 6.92 Å². The molecule has 0 aliphatic carbocycles. The summed E-state index contributed by atoms with van der Waals surface area (Å²) in [5.41, 5.74) is 1.94. The molecule has 0 unspecified atom stereocenters. The Morgan fingerprint density at radius 1 is 1.35 bits per heavy atom. The van der Waals surface area contributed by atoms with Gasteiger partial charge in [0, 0.05) is 4.90 Å². The van der Waals surface area contributed by atoms with Gasteiger partial charge in [-0.3, -0.25) is 4.79 Å². The first kappa shape index (κ1) is 15.3. The van der Waals surface area contributed by atoms with E-state index in [1.165, 1.54) is 10.5 Å². The molecule has 5 heteroatoms. The van der Waals surface area contributed by atoms with Gasteiger partial charge < -0.3 is 4.98 Å². The molecule has 0 amide bonds. The minimum atomic E-state index is -0.107. The lowest BCUT2D eigenvalue weighted by Crippen LogP contribution is -2.16. The number of H-pyrrole nitrogens is 1. The number of aromatic amines is 1. The van der Waals surface area contributed by atoms with Crippen molar-refractivity contribution >= 4 is 27.7 Å². The van der Waals surface area contributed by atoms with Crippen LogP contribution in [0.3, 0.4) is 0 Å². The van der Waals surface area contributed by atoms with Crippen LogP contribution in [-0.2, 0) is 5.75 Å². The number of nitrogens with zero attached hydrogens (tertiary/aromatic N) is 1. The number of aryl methyl sites for hydroxylation is 1. The Morgan fingerprint density at radius 3 is 2.70 bits per heavy atom. The SMILES string of the molecule is Cc1ccccc1SCc1nc(C(C)C)c(Br)c(=O)[nH]1. The van der Waals surface area contributed by atoms with Crippen molar-refractivity contribution in [2.75, 3.05) is 0 Å². The van der Waals surface area contributed by atoms with Gasteiger partial charge in [0.15, 0.2) is 0 Å². The minimum absolute atomic E-state index is 0.107. The molecule has 0 radical (unpaired) electrons. The summed E-state index contributed by atoms with van der Waals surface area (Å²) in [6, 6.07) is 8.21. The van der Waals surface area contributed by atoms with Crippen LogP contribution in [-0.4, -0.2) is 9.97 Å². The number of nitrogens with one attached hydrogen (secondary N) is 1. The topological polar surface area (TPSA) is 45.8 Å². The van der Waals surface area contributed by atoms with Crippen molar-refractivity contribution in [3.05, 3.63) is 56.2 Å². The van der Waals surface area contributed by atoms with Gasteiger partial charge in [0.25, 0.3) is 5.56 Å². The Balaban J connectivity index is 2.23. The first-order valence-electron chi connectivity index (χ1n) is 6.46. The number of benzene rings is 1. The van der Waals surface area contributed by atoms with E-state index >= 15 is 0 Å². The van der Waals surface area contributed by atoms with Crippen LogP contribution in [0.2, 0.25) is 0 Å². The fourth-order valence-electron chi connectivity index (χ4n) is 1.84. The van der Waals surface area contributed by atoms with Crippen molar-refractivity contribution in [1.29, 1.82) is 0 Å². The van der Waals surface area contributed by atoms with Crippen molar-refractivity contribution < 1.29 is 0 Å². The summed E-state index contributed by atoms with van der Waals surface area (Å²) in [4.78, 5) is 20.5. The third-order valence-electron chi connectivity index (χ3n) is 2.94. The Labute approximate surface area is 131 Å². The summed E-state index contributed by atoms with van der Waals surface area (Å²) in [5.74, 6) is 1.59. The lowest BCUT2D eigenvalue weighted by molar-refractivity contribution is 0.784. The summed E-state index contributed by atoms with van der Waals surface area (Å²) in [5, 5.41) is 0. The van der Waals surface area contributed by atoms with Crippen LogP contribution in [0.15, 0.2) is 38.4 Å². The van der Waals surface area contributed by atoms with Crippen molar-refractivity contribution in [3.63, 3.8) is 0 Å². The van der Waals surface area contributed by atoms with E-state index < -0.39 is 0 Å². The molecular weight excluding hydrogens is 336 g/mol. The van der Waals surface area contributed by atoms with E-state index in [4.69, 9.17) is 0 Å². The molecule has 1 N–H and O–H groups in total. The molecule has 20 heavy (non-hydrogen) atoms. The van der Waals surface area contributed by atoms with Gasteiger partial charge >= 0.3 is 0 Å². The molecule has 0 fully saturated rings. The second-order valence-electron chi connectivity index (χ2n) is 4.92. The predicted octanol–water partition coefficient (Wildman–Crippen LogP) is 4.26. The average molecular weight is 353 g/mol. The van der Waals surface area contributed by atoms with Gasteiger partial charge in [-0.25, -0.2) is 4.98 Å². The van der Waals surface area contributed by atoms with Gasteiger partial charge in [-0.1, -0.05) is 32.0 Å². The standard InChI is InChI=1S/C15H17BrN2OS/c1-9(2)14-13(16)15(19)18-12(17-14)8-20-11-7-5-4-6-10(11)3/h4-7,9H,8H2,1-3H3,(H,17,18,19). The number of halogens is 1. The number of rotatable bonds is 4. The molecule has 0 saturated heterocycles. The fourth-order valence-corrected chi connectivity index (χ4v) is 3.39. The van der Waals surface area contributed by atoms with Crippen molar-refractivity contribution in [2.24, 2.45) is 0 Å². The molecule has 0 aliphatic heterocycles. The monoisotopic (exact) mass is 352 g/mol. The lowest BCUT2D eigenvalue weighted by Gasteiger charge is -2.10. The molecule has 1 aromatic carbocycles. The van der Waals surface area contributed by atoms with E-state index in [2.05, 4.69) is 45.0 Å². The highest BCUT2D eigenvalue weighted by Gasteiger charge is 2.12. The molecule has 106 valence electrons. The quantitative estimate of drug-likeness (QED) is 0.836. The van der Waals surface area contributed by atoms with Crippen molar-refractivity contribution in [2.45, 2.75) is 37.3 Å². The van der Waals surface area contributed by atoms with E-state index in [0.29, 0.717) is 10.2 Å². The van der Waals surface area contributed by atoms with Gasteiger partial charge in [-0.15, -0.1) is 11.8 Å². The van der Waals surface area contributed by atoms with E-state index in [0.717, 1.165) is 11.5 Å². The maximum absolute atomic E-state index is 11.9. The van der Waals surface area contributed by atoms with Crippen LogP contribution >= 0.6 is 27.7 Å². The highest BCUT2D eigenvalue weighted by Crippen LogP contribution is 2.25. The number of hydrogen-bond donors (Lipinski definition) is 1. The van der Waals surface area contributed by atoms with Gasteiger partial charge in [0.2, 0.25) is 0 Å². The normalized spacial score (nSPS) is 11.1. The summed E-state index contributed by atoms with van der Waals surface area (Å²) < 4.78 is 0.539. The van der Waals surface area contributed by atoms with Gasteiger partial charge in [-0.2, -0.15) is 0 Å². The van der Waals surface area contributed by atoms with E-state index in [1.54, 1.807) is 11.8 Å². The van der Waals surface area contributed by atoms with E-state index in [9.17, 15) is 4.79 Å². The fraction of sp³-hybridized carbons (Fsp3) is 0.333. The molecule has 2 rings (SSSR count). The minimum Gasteiger partial charge on any atom is -0.309 e.